The van der Waals surface area contributed by atoms with Crippen molar-refractivity contribution in [2.45, 2.75) is 39.5 Å². The van der Waals surface area contributed by atoms with Crippen LogP contribution in [-0.4, -0.2) is 60.6 Å². The zero-order valence-corrected chi connectivity index (χ0v) is 11.6. The molecule has 0 aromatic heterocycles. The van der Waals surface area contributed by atoms with Crippen LogP contribution in [0.5, 0.6) is 0 Å². The number of likely N-dealkylation sites (N-methyl/N-ethyl adjacent to an activating group) is 1. The van der Waals surface area contributed by atoms with E-state index in [0.717, 1.165) is 38.8 Å². The average molecular weight is 244 g/mol. The van der Waals surface area contributed by atoms with E-state index in [1.165, 1.54) is 0 Å². The van der Waals surface area contributed by atoms with Crippen molar-refractivity contribution >= 4 is 5.91 Å². The van der Waals surface area contributed by atoms with Gasteiger partial charge in [-0.2, -0.15) is 0 Å². The zero-order chi connectivity index (χ0) is 13.1. The van der Waals surface area contributed by atoms with Gasteiger partial charge in [-0.05, 0) is 19.9 Å². The molecule has 17 heavy (non-hydrogen) atoms. The van der Waals surface area contributed by atoms with Gasteiger partial charge in [0.15, 0.2) is 0 Å². The maximum absolute atomic E-state index is 12.0. The standard InChI is InChI=1S/C13H28N2O2/c1-4-6-8-15(9-7-5-2)13(17)12-14(3)10-11-16/h16H,4-12H2,1-3H3. The number of hydrogen-bond donors (Lipinski definition) is 1. The molecule has 0 aromatic carbocycles. The zero-order valence-electron chi connectivity index (χ0n) is 11.6. The molecule has 0 aliphatic heterocycles. The minimum Gasteiger partial charge on any atom is -0.395 e. The molecule has 4 nitrogen and oxygen atoms in total. The molecule has 0 spiro atoms. The summed E-state index contributed by atoms with van der Waals surface area (Å²) >= 11 is 0. The van der Waals surface area contributed by atoms with Gasteiger partial charge in [0.1, 0.15) is 0 Å². The van der Waals surface area contributed by atoms with Gasteiger partial charge < -0.3 is 10.0 Å². The number of nitrogens with zero attached hydrogens (tertiary/aromatic N) is 2. The molecule has 1 amide bonds. The van der Waals surface area contributed by atoms with E-state index in [0.29, 0.717) is 13.1 Å². The van der Waals surface area contributed by atoms with Crippen LogP contribution < -0.4 is 0 Å². The predicted molar refractivity (Wildman–Crippen MR) is 71.0 cm³/mol. The number of hydrogen-bond acceptors (Lipinski definition) is 3. The van der Waals surface area contributed by atoms with Crippen molar-refractivity contribution in [3.8, 4) is 0 Å². The summed E-state index contributed by atoms with van der Waals surface area (Å²) in [6.07, 6.45) is 4.36. The summed E-state index contributed by atoms with van der Waals surface area (Å²) in [5, 5.41) is 8.80. The summed E-state index contributed by atoms with van der Waals surface area (Å²) in [6, 6.07) is 0. The van der Waals surface area contributed by atoms with Crippen molar-refractivity contribution < 1.29 is 9.90 Å². The highest BCUT2D eigenvalue weighted by Gasteiger charge is 2.14. The van der Waals surface area contributed by atoms with Crippen molar-refractivity contribution in [3.05, 3.63) is 0 Å². The highest BCUT2D eigenvalue weighted by atomic mass is 16.3. The van der Waals surface area contributed by atoms with Crippen LogP contribution in [0.15, 0.2) is 0 Å². The number of unbranched alkanes of at least 4 members (excludes halogenated alkanes) is 2. The maximum Gasteiger partial charge on any atom is 0.236 e. The Morgan fingerprint density at radius 1 is 1.06 bits per heavy atom. The predicted octanol–water partition coefficient (Wildman–Crippen LogP) is 1.34. The first kappa shape index (κ1) is 16.4. The molecule has 0 heterocycles. The third-order valence-electron chi connectivity index (χ3n) is 2.80. The van der Waals surface area contributed by atoms with E-state index in [1.54, 1.807) is 0 Å². The molecule has 0 fully saturated rings. The fourth-order valence-corrected chi connectivity index (χ4v) is 1.64. The maximum atomic E-state index is 12.0. The Labute approximate surface area is 106 Å². The molecule has 0 bridgehead atoms. The third-order valence-corrected chi connectivity index (χ3v) is 2.80. The molecule has 102 valence electrons. The lowest BCUT2D eigenvalue weighted by Crippen LogP contribution is -2.40. The van der Waals surface area contributed by atoms with Crippen LogP contribution in [0, 0.1) is 0 Å². The van der Waals surface area contributed by atoms with Crippen LogP contribution in [-0.2, 0) is 4.79 Å². The molecule has 0 aliphatic carbocycles. The van der Waals surface area contributed by atoms with Crippen LogP contribution in [0.3, 0.4) is 0 Å². The molecule has 0 rings (SSSR count). The molecule has 0 unspecified atom stereocenters. The summed E-state index contributed by atoms with van der Waals surface area (Å²) in [5.74, 6) is 0.183. The number of aliphatic hydroxyl groups is 1. The fraction of sp³-hybridized carbons (Fsp3) is 0.923. The Balaban J connectivity index is 4.10. The van der Waals surface area contributed by atoms with E-state index < -0.39 is 0 Å². The van der Waals surface area contributed by atoms with Gasteiger partial charge in [0.2, 0.25) is 5.91 Å². The molecule has 0 radical (unpaired) electrons. The van der Waals surface area contributed by atoms with Gasteiger partial charge >= 0.3 is 0 Å². The minimum absolute atomic E-state index is 0.105. The molecule has 0 saturated heterocycles. The van der Waals surface area contributed by atoms with Crippen molar-refractivity contribution in [1.29, 1.82) is 0 Å². The van der Waals surface area contributed by atoms with E-state index in [2.05, 4.69) is 13.8 Å². The van der Waals surface area contributed by atoms with Crippen molar-refractivity contribution in [2.24, 2.45) is 0 Å². The first-order chi connectivity index (χ1) is 8.15. The summed E-state index contributed by atoms with van der Waals surface area (Å²) in [5.41, 5.74) is 0. The van der Waals surface area contributed by atoms with Crippen LogP contribution in [0.25, 0.3) is 0 Å². The third kappa shape index (κ3) is 8.16. The number of carbonyl (C=O) groups excluding carboxylic acids is 1. The summed E-state index contributed by atoms with van der Waals surface area (Å²) in [4.78, 5) is 15.9. The van der Waals surface area contributed by atoms with Crippen molar-refractivity contribution in [2.75, 3.05) is 39.8 Å². The monoisotopic (exact) mass is 244 g/mol. The van der Waals surface area contributed by atoms with Crippen molar-refractivity contribution in [3.63, 3.8) is 0 Å². The lowest BCUT2D eigenvalue weighted by molar-refractivity contribution is -0.132. The largest absolute Gasteiger partial charge is 0.395 e. The van der Waals surface area contributed by atoms with Gasteiger partial charge in [-0.3, -0.25) is 9.69 Å². The molecular formula is C13H28N2O2. The summed E-state index contributed by atoms with van der Waals surface area (Å²) < 4.78 is 0. The molecule has 0 saturated carbocycles. The fourth-order valence-electron chi connectivity index (χ4n) is 1.64. The number of amides is 1. The summed E-state index contributed by atoms with van der Waals surface area (Å²) in [6.45, 7) is 7.08. The second-order valence-corrected chi connectivity index (χ2v) is 4.55. The van der Waals surface area contributed by atoms with Crippen LogP contribution in [0.4, 0.5) is 0 Å². The van der Waals surface area contributed by atoms with Gasteiger partial charge in [-0.1, -0.05) is 26.7 Å². The van der Waals surface area contributed by atoms with Gasteiger partial charge in [0, 0.05) is 19.6 Å². The minimum atomic E-state index is 0.105. The van der Waals surface area contributed by atoms with Crippen LogP contribution in [0.2, 0.25) is 0 Å². The first-order valence-electron chi connectivity index (χ1n) is 6.72. The van der Waals surface area contributed by atoms with Crippen LogP contribution in [0.1, 0.15) is 39.5 Å². The second-order valence-electron chi connectivity index (χ2n) is 4.55. The molecular weight excluding hydrogens is 216 g/mol. The Bertz CT molecular complexity index is 190. The highest BCUT2D eigenvalue weighted by Crippen LogP contribution is 2.01. The molecule has 0 atom stereocenters. The smallest absolute Gasteiger partial charge is 0.236 e. The highest BCUT2D eigenvalue weighted by molar-refractivity contribution is 5.78. The Morgan fingerprint density at radius 3 is 2.00 bits per heavy atom. The SMILES string of the molecule is CCCCN(CCCC)C(=O)CN(C)CCO. The molecule has 4 heteroatoms. The topological polar surface area (TPSA) is 43.8 Å². The molecule has 0 aromatic rings. The number of carbonyl (C=O) groups is 1. The summed E-state index contributed by atoms with van der Waals surface area (Å²) in [7, 11) is 1.87. The van der Waals surface area contributed by atoms with E-state index in [1.807, 2.05) is 16.8 Å². The van der Waals surface area contributed by atoms with Gasteiger partial charge in [0.25, 0.3) is 0 Å². The normalized spacial score (nSPS) is 10.9. The van der Waals surface area contributed by atoms with Crippen molar-refractivity contribution in [1.82, 2.24) is 9.80 Å². The lowest BCUT2D eigenvalue weighted by Gasteiger charge is -2.25. The van der Waals surface area contributed by atoms with E-state index in [4.69, 9.17) is 5.11 Å². The van der Waals surface area contributed by atoms with Gasteiger partial charge in [0.05, 0.1) is 13.2 Å². The lowest BCUT2D eigenvalue weighted by atomic mass is 10.2. The molecule has 1 N–H and O–H groups in total. The Kier molecular flexibility index (Phi) is 10.2. The Hall–Kier alpha value is -0.610. The molecule has 0 aliphatic rings. The van der Waals surface area contributed by atoms with E-state index in [9.17, 15) is 4.79 Å². The quantitative estimate of drug-likeness (QED) is 0.630. The van der Waals surface area contributed by atoms with E-state index >= 15 is 0 Å². The second kappa shape index (κ2) is 10.5. The average Bonchev–Trinajstić information content (AvgIpc) is 2.29. The number of aliphatic hydroxyl groups excluding tert-OH is 1. The van der Waals surface area contributed by atoms with E-state index in [-0.39, 0.29) is 12.5 Å². The number of rotatable bonds is 10. The first-order valence-corrected chi connectivity index (χ1v) is 6.72. The van der Waals surface area contributed by atoms with Gasteiger partial charge in [-0.25, -0.2) is 0 Å². The van der Waals surface area contributed by atoms with Gasteiger partial charge in [-0.15, -0.1) is 0 Å². The van der Waals surface area contributed by atoms with Crippen LogP contribution >= 0.6 is 0 Å². The Morgan fingerprint density at radius 2 is 1.59 bits per heavy atom.